The fourth-order valence-electron chi connectivity index (χ4n) is 4.03. The van der Waals surface area contributed by atoms with Crippen LogP contribution in [-0.4, -0.2) is 4.98 Å². The number of nitrogens with two attached hydrogens (primary N) is 1. The second kappa shape index (κ2) is 6.64. The summed E-state index contributed by atoms with van der Waals surface area (Å²) in [5.41, 5.74) is 14.0. The molecule has 2 N–H and O–H groups in total. The van der Waals surface area contributed by atoms with Gasteiger partial charge in [-0.25, -0.2) is 0 Å². The summed E-state index contributed by atoms with van der Waals surface area (Å²) >= 11 is 1.99. The molecule has 2 aromatic heterocycles. The highest BCUT2D eigenvalue weighted by Crippen LogP contribution is 2.45. The van der Waals surface area contributed by atoms with Gasteiger partial charge in [-0.05, 0) is 66.0 Å². The highest BCUT2D eigenvalue weighted by molar-refractivity contribution is 7.16. The van der Waals surface area contributed by atoms with E-state index in [1.165, 1.54) is 40.8 Å². The van der Waals surface area contributed by atoms with Gasteiger partial charge in [0.2, 0.25) is 0 Å². The molecule has 2 nitrogen and oxygen atoms in total. The Bertz CT molecular complexity index is 953. The molecule has 0 fully saturated rings. The maximum atomic E-state index is 5.89. The molecular weight excluding hydrogens is 336 g/mol. The number of hydrogen-bond acceptors (Lipinski definition) is 3. The zero-order valence-electron chi connectivity index (χ0n) is 15.8. The van der Waals surface area contributed by atoms with Gasteiger partial charge in [-0.2, -0.15) is 0 Å². The van der Waals surface area contributed by atoms with Crippen LogP contribution in [-0.2, 0) is 19.4 Å². The Kier molecular flexibility index (Phi) is 4.45. The molecule has 1 aliphatic rings. The molecule has 1 aliphatic carbocycles. The quantitative estimate of drug-likeness (QED) is 0.643. The van der Waals surface area contributed by atoms with Crippen LogP contribution in [0.5, 0.6) is 0 Å². The summed E-state index contributed by atoms with van der Waals surface area (Å²) < 4.78 is 0. The van der Waals surface area contributed by atoms with Crippen LogP contribution in [0.1, 0.15) is 42.0 Å². The van der Waals surface area contributed by atoms with Crippen molar-refractivity contribution in [2.24, 2.45) is 11.1 Å². The van der Waals surface area contributed by atoms with Crippen molar-refractivity contribution in [2.45, 2.75) is 46.6 Å². The molecule has 1 aromatic carbocycles. The molecule has 4 rings (SSSR count). The molecule has 0 aliphatic heterocycles. The molecule has 0 atom stereocenters. The lowest BCUT2D eigenvalue weighted by molar-refractivity contribution is 0.317. The first kappa shape index (κ1) is 17.4. The largest absolute Gasteiger partial charge is 0.325 e. The Morgan fingerprint density at radius 2 is 1.96 bits per heavy atom. The van der Waals surface area contributed by atoms with Gasteiger partial charge < -0.3 is 5.73 Å². The van der Waals surface area contributed by atoms with E-state index in [1.54, 1.807) is 10.4 Å². The molecule has 2 heterocycles. The molecule has 0 saturated carbocycles. The summed E-state index contributed by atoms with van der Waals surface area (Å²) in [5.74, 6) is 0. The van der Waals surface area contributed by atoms with Gasteiger partial charge in [-0.1, -0.05) is 38.1 Å². The lowest BCUT2D eigenvalue weighted by Crippen LogP contribution is -2.21. The zero-order chi connectivity index (χ0) is 18.3. The second-order valence-corrected chi connectivity index (χ2v) is 9.19. The van der Waals surface area contributed by atoms with Gasteiger partial charge in [0, 0.05) is 28.1 Å². The predicted octanol–water partition coefficient (Wildman–Crippen LogP) is 5.76. The van der Waals surface area contributed by atoms with Crippen LogP contribution in [0.4, 0.5) is 0 Å². The first-order chi connectivity index (χ1) is 12.5. The van der Waals surface area contributed by atoms with Crippen molar-refractivity contribution in [3.05, 3.63) is 64.3 Å². The zero-order valence-corrected chi connectivity index (χ0v) is 16.6. The van der Waals surface area contributed by atoms with Gasteiger partial charge in [0.15, 0.2) is 0 Å². The van der Waals surface area contributed by atoms with Gasteiger partial charge in [-0.3, -0.25) is 4.98 Å². The average molecular weight is 363 g/mol. The van der Waals surface area contributed by atoms with E-state index in [1.807, 2.05) is 23.6 Å². The predicted molar refractivity (Wildman–Crippen MR) is 111 cm³/mol. The summed E-state index contributed by atoms with van der Waals surface area (Å²) in [6, 6.07) is 12.9. The SMILES string of the molecule is Cc1c(-c2cccc(-c3cccnc3CN)c2)sc2c1CC(C)(C)CC2. The molecule has 3 aromatic rings. The minimum Gasteiger partial charge on any atom is -0.325 e. The van der Waals surface area contributed by atoms with E-state index in [0.29, 0.717) is 12.0 Å². The number of hydrogen-bond donors (Lipinski definition) is 1. The van der Waals surface area contributed by atoms with Crippen molar-refractivity contribution in [2.75, 3.05) is 0 Å². The van der Waals surface area contributed by atoms with E-state index >= 15 is 0 Å². The Morgan fingerprint density at radius 3 is 2.77 bits per heavy atom. The lowest BCUT2D eigenvalue weighted by Gasteiger charge is -2.29. The third kappa shape index (κ3) is 3.10. The number of benzene rings is 1. The van der Waals surface area contributed by atoms with Crippen molar-refractivity contribution >= 4 is 11.3 Å². The van der Waals surface area contributed by atoms with E-state index in [-0.39, 0.29) is 0 Å². The smallest absolute Gasteiger partial charge is 0.0617 e. The summed E-state index contributed by atoms with van der Waals surface area (Å²) in [5, 5.41) is 0. The van der Waals surface area contributed by atoms with Crippen LogP contribution in [0.2, 0.25) is 0 Å². The summed E-state index contributed by atoms with van der Waals surface area (Å²) in [4.78, 5) is 7.45. The Labute approximate surface area is 160 Å². The molecule has 3 heteroatoms. The number of nitrogens with zero attached hydrogens (tertiary/aromatic N) is 1. The van der Waals surface area contributed by atoms with Crippen molar-refractivity contribution in [1.29, 1.82) is 0 Å². The number of aromatic nitrogens is 1. The average Bonchev–Trinajstić information content (AvgIpc) is 2.97. The van der Waals surface area contributed by atoms with Gasteiger partial charge in [-0.15, -0.1) is 11.3 Å². The van der Waals surface area contributed by atoms with Crippen molar-refractivity contribution in [3.8, 4) is 21.6 Å². The van der Waals surface area contributed by atoms with Gasteiger partial charge in [0.1, 0.15) is 0 Å². The molecule has 26 heavy (non-hydrogen) atoms. The fraction of sp³-hybridized carbons (Fsp3) is 0.348. The first-order valence-corrected chi connectivity index (χ1v) is 10.2. The van der Waals surface area contributed by atoms with Crippen LogP contribution in [0.15, 0.2) is 42.6 Å². The molecule has 0 radical (unpaired) electrons. The first-order valence-electron chi connectivity index (χ1n) is 9.34. The van der Waals surface area contributed by atoms with E-state index in [0.717, 1.165) is 11.3 Å². The lowest BCUT2D eigenvalue weighted by atomic mass is 9.76. The maximum Gasteiger partial charge on any atom is 0.0617 e. The van der Waals surface area contributed by atoms with Crippen LogP contribution < -0.4 is 5.73 Å². The van der Waals surface area contributed by atoms with Crippen molar-refractivity contribution in [1.82, 2.24) is 4.98 Å². The molecule has 0 spiro atoms. The van der Waals surface area contributed by atoms with Gasteiger partial charge in [0.05, 0.1) is 5.69 Å². The van der Waals surface area contributed by atoms with E-state index in [9.17, 15) is 0 Å². The van der Waals surface area contributed by atoms with Gasteiger partial charge in [0.25, 0.3) is 0 Å². The Morgan fingerprint density at radius 1 is 1.15 bits per heavy atom. The third-order valence-corrected chi connectivity index (χ3v) is 7.00. The summed E-state index contributed by atoms with van der Waals surface area (Å²) in [6.07, 6.45) is 5.52. The van der Waals surface area contributed by atoms with Crippen LogP contribution in [0.3, 0.4) is 0 Å². The number of fused-ring (bicyclic) bond motifs is 1. The molecule has 0 amide bonds. The fourth-order valence-corrected chi connectivity index (χ4v) is 5.35. The highest BCUT2D eigenvalue weighted by atomic mass is 32.1. The topological polar surface area (TPSA) is 38.9 Å². The monoisotopic (exact) mass is 362 g/mol. The normalized spacial score (nSPS) is 15.7. The number of aryl methyl sites for hydroxylation is 1. The van der Waals surface area contributed by atoms with Crippen LogP contribution >= 0.6 is 11.3 Å². The Balaban J connectivity index is 1.78. The standard InChI is InChI=1S/C23H26N2S/c1-15-19-13-23(2,3)10-9-21(19)26-22(15)17-7-4-6-16(12-17)18-8-5-11-25-20(18)14-24/h4-8,11-12H,9-10,13-14,24H2,1-3H3. The summed E-state index contributed by atoms with van der Waals surface area (Å²) in [6.45, 7) is 7.55. The summed E-state index contributed by atoms with van der Waals surface area (Å²) in [7, 11) is 0. The van der Waals surface area contributed by atoms with Crippen molar-refractivity contribution < 1.29 is 0 Å². The molecular formula is C23H26N2S. The minimum atomic E-state index is 0.420. The number of rotatable bonds is 3. The van der Waals surface area contributed by atoms with Crippen molar-refractivity contribution in [3.63, 3.8) is 0 Å². The maximum absolute atomic E-state index is 5.89. The third-order valence-electron chi connectivity index (χ3n) is 5.56. The van der Waals surface area contributed by atoms with E-state index < -0.39 is 0 Å². The van der Waals surface area contributed by atoms with Gasteiger partial charge >= 0.3 is 0 Å². The van der Waals surface area contributed by atoms with E-state index in [2.05, 4.69) is 56.1 Å². The second-order valence-electron chi connectivity index (χ2n) is 8.08. The Hall–Kier alpha value is -1.97. The molecule has 0 bridgehead atoms. The van der Waals surface area contributed by atoms with Crippen LogP contribution in [0.25, 0.3) is 21.6 Å². The van der Waals surface area contributed by atoms with Crippen LogP contribution in [0, 0.1) is 12.3 Å². The number of pyridine rings is 1. The molecule has 0 saturated heterocycles. The van der Waals surface area contributed by atoms with E-state index in [4.69, 9.17) is 5.73 Å². The minimum absolute atomic E-state index is 0.420. The number of thiophene rings is 1. The highest BCUT2D eigenvalue weighted by Gasteiger charge is 2.29. The molecule has 0 unspecified atom stereocenters. The molecule has 134 valence electrons.